The second kappa shape index (κ2) is 8.14. The molecule has 1 aromatic heterocycles. The number of methoxy groups -OCH3 is 2. The maximum absolute atomic E-state index is 11.8. The second-order valence-corrected chi connectivity index (χ2v) is 6.31. The summed E-state index contributed by atoms with van der Waals surface area (Å²) in [6.07, 6.45) is 0.797. The monoisotopic (exact) mass is 368 g/mol. The van der Waals surface area contributed by atoms with Crippen LogP contribution in [0.25, 0.3) is 10.9 Å². The number of nitrogens with one attached hydrogen (secondary N) is 1. The highest BCUT2D eigenvalue weighted by molar-refractivity contribution is 5.98. The average molecular weight is 368 g/mol. The number of ether oxygens (including phenoxy) is 2. The van der Waals surface area contributed by atoms with Crippen molar-refractivity contribution in [3.63, 3.8) is 0 Å². The Hall–Kier alpha value is -2.99. The molecule has 0 amide bonds. The number of hydrogen-bond donors (Lipinski definition) is 2. The molecule has 0 saturated carbocycles. The van der Waals surface area contributed by atoms with Crippen LogP contribution in [0.15, 0.2) is 42.5 Å². The molecule has 0 radical (unpaired) electrons. The van der Waals surface area contributed by atoms with Gasteiger partial charge in [-0.2, -0.15) is 0 Å². The second-order valence-electron chi connectivity index (χ2n) is 6.31. The molecule has 3 aromatic rings. The van der Waals surface area contributed by atoms with Crippen molar-refractivity contribution in [1.29, 1.82) is 0 Å². The molecule has 0 aliphatic carbocycles. The molecule has 0 fully saturated rings. The third-order valence-corrected chi connectivity index (χ3v) is 4.78. The van der Waals surface area contributed by atoms with Gasteiger partial charge >= 0.3 is 5.97 Å². The van der Waals surface area contributed by atoms with Gasteiger partial charge in [0, 0.05) is 30.6 Å². The molecule has 6 nitrogen and oxygen atoms in total. The molecule has 0 atom stereocenters. The third kappa shape index (κ3) is 3.75. The normalized spacial score (nSPS) is 10.9. The van der Waals surface area contributed by atoms with Crippen LogP contribution >= 0.6 is 0 Å². The van der Waals surface area contributed by atoms with Gasteiger partial charge in [-0.25, -0.2) is 4.79 Å². The fraction of sp³-hybridized carbons (Fsp3) is 0.286. The molecule has 0 spiro atoms. The van der Waals surface area contributed by atoms with Crippen LogP contribution in [-0.4, -0.2) is 36.4 Å². The molecule has 0 bridgehead atoms. The molecule has 0 aliphatic rings. The van der Waals surface area contributed by atoms with Crippen LogP contribution in [0.5, 0.6) is 11.5 Å². The molecule has 6 heteroatoms. The predicted octanol–water partition coefficient (Wildman–Crippen LogP) is 3.23. The first kappa shape index (κ1) is 18.8. The number of benzene rings is 2. The standard InChI is InChI=1S/C21H24N2O4/c1-23-18-12-15(26-2)8-9-16(18)17(20(23)21(24)25)13-22-11-10-14-6-4-5-7-19(14)27-3/h4-9,12,22H,10-11,13H2,1-3H3,(H,24,25). The fourth-order valence-corrected chi connectivity index (χ4v) is 3.42. The van der Waals surface area contributed by atoms with Crippen LogP contribution in [-0.2, 0) is 20.0 Å². The Balaban J connectivity index is 1.80. The van der Waals surface area contributed by atoms with Crippen LogP contribution in [0.1, 0.15) is 21.6 Å². The summed E-state index contributed by atoms with van der Waals surface area (Å²) in [6, 6.07) is 13.5. The minimum atomic E-state index is -0.936. The lowest BCUT2D eigenvalue weighted by atomic mass is 10.1. The van der Waals surface area contributed by atoms with Gasteiger partial charge < -0.3 is 24.5 Å². The van der Waals surface area contributed by atoms with E-state index >= 15 is 0 Å². The van der Waals surface area contributed by atoms with Gasteiger partial charge in [-0.1, -0.05) is 18.2 Å². The number of fused-ring (bicyclic) bond motifs is 1. The summed E-state index contributed by atoms with van der Waals surface area (Å²) in [5, 5.41) is 14.0. The van der Waals surface area contributed by atoms with Crippen LogP contribution in [0, 0.1) is 0 Å². The van der Waals surface area contributed by atoms with Crippen LogP contribution in [0.2, 0.25) is 0 Å². The number of aryl methyl sites for hydroxylation is 1. The molecule has 142 valence electrons. The Kier molecular flexibility index (Phi) is 5.66. The first-order valence-corrected chi connectivity index (χ1v) is 8.78. The molecule has 2 aromatic carbocycles. The zero-order chi connectivity index (χ0) is 19.4. The van der Waals surface area contributed by atoms with Gasteiger partial charge in [0.05, 0.1) is 19.7 Å². The largest absolute Gasteiger partial charge is 0.497 e. The maximum atomic E-state index is 11.8. The zero-order valence-corrected chi connectivity index (χ0v) is 15.8. The lowest BCUT2D eigenvalue weighted by Crippen LogP contribution is -2.19. The molecule has 27 heavy (non-hydrogen) atoms. The van der Waals surface area contributed by atoms with Crippen molar-refractivity contribution in [2.24, 2.45) is 7.05 Å². The number of aromatic nitrogens is 1. The van der Waals surface area contributed by atoms with Crippen molar-refractivity contribution < 1.29 is 19.4 Å². The molecular weight excluding hydrogens is 344 g/mol. The van der Waals surface area contributed by atoms with E-state index in [4.69, 9.17) is 9.47 Å². The minimum absolute atomic E-state index is 0.294. The lowest BCUT2D eigenvalue weighted by Gasteiger charge is -2.09. The van der Waals surface area contributed by atoms with Crippen molar-refractivity contribution in [2.45, 2.75) is 13.0 Å². The lowest BCUT2D eigenvalue weighted by molar-refractivity contribution is 0.0685. The van der Waals surface area contributed by atoms with Gasteiger partial charge in [-0.3, -0.25) is 0 Å². The van der Waals surface area contributed by atoms with E-state index in [1.54, 1.807) is 25.8 Å². The van der Waals surface area contributed by atoms with Crippen LogP contribution in [0.3, 0.4) is 0 Å². The van der Waals surface area contributed by atoms with E-state index in [1.165, 1.54) is 0 Å². The SMILES string of the molecule is COc1ccc2c(CNCCc3ccccc3OC)c(C(=O)O)n(C)c2c1. The Morgan fingerprint density at radius 3 is 2.63 bits per heavy atom. The average Bonchev–Trinajstić information content (AvgIpc) is 2.97. The summed E-state index contributed by atoms with van der Waals surface area (Å²) < 4.78 is 12.3. The molecule has 2 N–H and O–H groups in total. The van der Waals surface area contributed by atoms with Gasteiger partial charge in [0.15, 0.2) is 0 Å². The van der Waals surface area contributed by atoms with E-state index in [0.29, 0.717) is 24.5 Å². The Morgan fingerprint density at radius 1 is 1.15 bits per heavy atom. The molecular formula is C21H24N2O4. The van der Waals surface area contributed by atoms with Crippen molar-refractivity contribution in [3.05, 3.63) is 59.3 Å². The molecule has 3 rings (SSSR count). The van der Waals surface area contributed by atoms with Gasteiger partial charge in [0.2, 0.25) is 0 Å². The molecule has 1 heterocycles. The van der Waals surface area contributed by atoms with E-state index in [2.05, 4.69) is 5.32 Å². The Morgan fingerprint density at radius 2 is 1.93 bits per heavy atom. The minimum Gasteiger partial charge on any atom is -0.497 e. The van der Waals surface area contributed by atoms with Gasteiger partial charge in [0.25, 0.3) is 0 Å². The number of rotatable bonds is 8. The highest BCUT2D eigenvalue weighted by Crippen LogP contribution is 2.29. The summed E-state index contributed by atoms with van der Waals surface area (Å²) in [5.41, 5.74) is 3.03. The van der Waals surface area contributed by atoms with E-state index in [-0.39, 0.29) is 0 Å². The van der Waals surface area contributed by atoms with Crippen molar-refractivity contribution in [1.82, 2.24) is 9.88 Å². The smallest absolute Gasteiger partial charge is 0.352 e. The molecule has 0 unspecified atom stereocenters. The maximum Gasteiger partial charge on any atom is 0.352 e. The highest BCUT2D eigenvalue weighted by atomic mass is 16.5. The summed E-state index contributed by atoms with van der Waals surface area (Å²) in [6.45, 7) is 1.19. The number of aromatic carboxylic acids is 1. The number of carboxylic acid groups (broad SMARTS) is 1. The van der Waals surface area contributed by atoms with E-state index in [1.807, 2.05) is 42.5 Å². The first-order valence-electron chi connectivity index (χ1n) is 8.78. The van der Waals surface area contributed by atoms with Crippen molar-refractivity contribution in [2.75, 3.05) is 20.8 Å². The van der Waals surface area contributed by atoms with Crippen LogP contribution < -0.4 is 14.8 Å². The van der Waals surface area contributed by atoms with Gasteiger partial charge in [-0.05, 0) is 36.7 Å². The fourth-order valence-electron chi connectivity index (χ4n) is 3.42. The Labute approximate surface area is 158 Å². The van der Waals surface area contributed by atoms with E-state index < -0.39 is 5.97 Å². The third-order valence-electron chi connectivity index (χ3n) is 4.78. The molecule has 0 aliphatic heterocycles. The zero-order valence-electron chi connectivity index (χ0n) is 15.8. The summed E-state index contributed by atoms with van der Waals surface area (Å²) >= 11 is 0. The number of hydrogen-bond acceptors (Lipinski definition) is 4. The van der Waals surface area contributed by atoms with Crippen molar-refractivity contribution in [3.8, 4) is 11.5 Å². The topological polar surface area (TPSA) is 72.7 Å². The molecule has 0 saturated heterocycles. The van der Waals surface area contributed by atoms with Gasteiger partial charge in [0.1, 0.15) is 17.2 Å². The number of carbonyl (C=O) groups is 1. The predicted molar refractivity (Wildman–Crippen MR) is 105 cm³/mol. The van der Waals surface area contributed by atoms with Crippen LogP contribution in [0.4, 0.5) is 0 Å². The number of carboxylic acids is 1. The number of para-hydroxylation sites is 1. The van der Waals surface area contributed by atoms with E-state index in [0.717, 1.165) is 34.2 Å². The van der Waals surface area contributed by atoms with Crippen molar-refractivity contribution >= 4 is 16.9 Å². The highest BCUT2D eigenvalue weighted by Gasteiger charge is 2.20. The quantitative estimate of drug-likeness (QED) is 0.597. The Bertz CT molecular complexity index is 962. The summed E-state index contributed by atoms with van der Waals surface area (Å²) in [5.74, 6) is 0.632. The van der Waals surface area contributed by atoms with E-state index in [9.17, 15) is 9.90 Å². The van der Waals surface area contributed by atoms with Gasteiger partial charge in [-0.15, -0.1) is 0 Å². The summed E-state index contributed by atoms with van der Waals surface area (Å²) in [4.78, 5) is 11.8. The summed E-state index contributed by atoms with van der Waals surface area (Å²) in [7, 11) is 5.03. The number of nitrogens with zero attached hydrogens (tertiary/aromatic N) is 1. The first-order chi connectivity index (χ1) is 13.1.